The molecule has 9 rings (SSSR count). The van der Waals surface area contributed by atoms with Crippen LogP contribution >= 0.6 is 0 Å². The topological polar surface area (TPSA) is 56.2 Å². The van der Waals surface area contributed by atoms with Gasteiger partial charge in [0.15, 0.2) is 0 Å². The molecule has 6 aromatic carbocycles. The number of benzene rings is 6. The van der Waals surface area contributed by atoms with E-state index in [4.69, 9.17) is 10.7 Å². The molecule has 4 nitrogen and oxygen atoms in total. The van der Waals surface area contributed by atoms with Crippen LogP contribution in [0.1, 0.15) is 11.1 Å². The first-order chi connectivity index (χ1) is 21.6. The summed E-state index contributed by atoms with van der Waals surface area (Å²) in [6.07, 6.45) is 0. The van der Waals surface area contributed by atoms with Crippen LogP contribution in [0.3, 0.4) is 0 Å². The lowest BCUT2D eigenvalue weighted by Crippen LogP contribution is -1.92. The molecule has 0 amide bonds. The Labute approximate surface area is 256 Å². The maximum absolute atomic E-state index is 5.91. The molecule has 212 valence electrons. The standard InChI is InChI=1S/C19H12N2.C13H10N2.C8H10/c1-2-9-15-13(7-1)14-8-3-5-11-17(14)21-18-12-6-4-10-16(18)20-19(15)21;14-13-11-7-2-1-5-9(11)10-6-3-4-8-12(10)15-13;1-7-5-3-4-6-8(7)2/h1-12H;1-8H,(H2,14,15);3-6H,1-2H3. The van der Waals surface area contributed by atoms with Gasteiger partial charge in [0.25, 0.3) is 0 Å². The summed E-state index contributed by atoms with van der Waals surface area (Å²) in [5.41, 5.74) is 14.0. The number of pyridine rings is 2. The number of rotatable bonds is 0. The van der Waals surface area contributed by atoms with E-state index >= 15 is 0 Å². The number of fused-ring (bicyclic) bond motifs is 11. The molecular weight excluding hydrogens is 536 g/mol. The Morgan fingerprint density at radius 1 is 0.409 bits per heavy atom. The Morgan fingerprint density at radius 2 is 0.864 bits per heavy atom. The van der Waals surface area contributed by atoms with Crippen molar-refractivity contribution in [3.63, 3.8) is 0 Å². The molecule has 0 aliphatic carbocycles. The Balaban J connectivity index is 0.000000118. The van der Waals surface area contributed by atoms with Crippen molar-refractivity contribution < 1.29 is 0 Å². The fourth-order valence-corrected chi connectivity index (χ4v) is 5.85. The van der Waals surface area contributed by atoms with E-state index in [1.807, 2.05) is 42.5 Å². The van der Waals surface area contributed by atoms with E-state index in [0.717, 1.165) is 33.0 Å². The monoisotopic (exact) mass is 568 g/mol. The molecule has 0 saturated carbocycles. The van der Waals surface area contributed by atoms with Gasteiger partial charge < -0.3 is 5.73 Å². The molecule has 0 spiro atoms. The van der Waals surface area contributed by atoms with Crippen molar-refractivity contribution >= 4 is 65.8 Å². The fourth-order valence-electron chi connectivity index (χ4n) is 5.85. The Bertz CT molecular complexity index is 2420. The zero-order valence-electron chi connectivity index (χ0n) is 24.8. The number of nitrogens with two attached hydrogens (primary N) is 1. The Kier molecular flexibility index (Phi) is 7.09. The van der Waals surface area contributed by atoms with E-state index in [1.165, 1.54) is 38.2 Å². The van der Waals surface area contributed by atoms with Gasteiger partial charge in [-0.2, -0.15) is 0 Å². The number of aromatic nitrogens is 3. The first-order valence-electron chi connectivity index (χ1n) is 14.8. The van der Waals surface area contributed by atoms with Gasteiger partial charge >= 0.3 is 0 Å². The van der Waals surface area contributed by atoms with Gasteiger partial charge in [-0.1, -0.05) is 121 Å². The first-order valence-corrected chi connectivity index (χ1v) is 14.8. The summed E-state index contributed by atoms with van der Waals surface area (Å²) in [5, 5.41) is 7.08. The van der Waals surface area contributed by atoms with Gasteiger partial charge in [0.2, 0.25) is 0 Å². The summed E-state index contributed by atoms with van der Waals surface area (Å²) in [6, 6.07) is 49.9. The molecule has 4 heteroatoms. The highest BCUT2D eigenvalue weighted by molar-refractivity contribution is 6.13. The summed E-state index contributed by atoms with van der Waals surface area (Å²) >= 11 is 0. The zero-order valence-corrected chi connectivity index (χ0v) is 24.8. The second kappa shape index (κ2) is 11.5. The minimum Gasteiger partial charge on any atom is -0.383 e. The molecule has 0 unspecified atom stereocenters. The third-order valence-corrected chi connectivity index (χ3v) is 8.23. The molecule has 0 bridgehead atoms. The number of imidazole rings is 1. The molecule has 3 aromatic heterocycles. The van der Waals surface area contributed by atoms with Gasteiger partial charge in [-0.05, 0) is 60.0 Å². The second-order valence-electron chi connectivity index (χ2n) is 11.0. The maximum Gasteiger partial charge on any atom is 0.146 e. The molecule has 0 aliphatic heterocycles. The molecule has 3 heterocycles. The first kappa shape index (κ1) is 27.1. The van der Waals surface area contributed by atoms with Crippen LogP contribution in [0, 0.1) is 13.8 Å². The molecular formula is C40H32N4. The number of hydrogen-bond acceptors (Lipinski definition) is 3. The van der Waals surface area contributed by atoms with Gasteiger partial charge in [-0.3, -0.25) is 4.40 Å². The molecule has 0 saturated heterocycles. The van der Waals surface area contributed by atoms with Gasteiger partial charge in [-0.25, -0.2) is 9.97 Å². The fraction of sp³-hybridized carbons (Fsp3) is 0.0500. The largest absolute Gasteiger partial charge is 0.383 e. The van der Waals surface area contributed by atoms with Crippen LogP contribution in [0.4, 0.5) is 5.82 Å². The lowest BCUT2D eigenvalue weighted by molar-refractivity contribution is 1.31. The van der Waals surface area contributed by atoms with Gasteiger partial charge in [0, 0.05) is 21.5 Å². The van der Waals surface area contributed by atoms with E-state index < -0.39 is 0 Å². The van der Waals surface area contributed by atoms with Crippen molar-refractivity contribution in [3.8, 4) is 0 Å². The van der Waals surface area contributed by atoms with Gasteiger partial charge in [0.05, 0.1) is 22.1 Å². The minimum absolute atomic E-state index is 0.601. The van der Waals surface area contributed by atoms with Crippen LogP contribution in [0.5, 0.6) is 0 Å². The van der Waals surface area contributed by atoms with E-state index in [1.54, 1.807) is 0 Å². The molecule has 0 atom stereocenters. The number of anilines is 1. The molecule has 0 fully saturated rings. The third kappa shape index (κ3) is 4.87. The van der Waals surface area contributed by atoms with Crippen molar-refractivity contribution in [2.24, 2.45) is 0 Å². The quantitative estimate of drug-likeness (QED) is 0.185. The van der Waals surface area contributed by atoms with Crippen molar-refractivity contribution in [1.82, 2.24) is 14.4 Å². The Hall–Kier alpha value is -5.74. The van der Waals surface area contributed by atoms with Crippen molar-refractivity contribution in [2.75, 3.05) is 5.73 Å². The van der Waals surface area contributed by atoms with Crippen LogP contribution in [0.2, 0.25) is 0 Å². The number of hydrogen-bond donors (Lipinski definition) is 1. The van der Waals surface area contributed by atoms with Crippen LogP contribution < -0.4 is 5.73 Å². The highest BCUT2D eigenvalue weighted by Gasteiger charge is 2.12. The van der Waals surface area contributed by atoms with Crippen LogP contribution in [-0.4, -0.2) is 14.4 Å². The molecule has 0 radical (unpaired) electrons. The van der Waals surface area contributed by atoms with E-state index in [-0.39, 0.29) is 0 Å². The predicted octanol–water partition coefficient (Wildman–Crippen LogP) is 10.1. The van der Waals surface area contributed by atoms with E-state index in [2.05, 4.69) is 126 Å². The van der Waals surface area contributed by atoms with E-state index in [0.29, 0.717) is 5.82 Å². The molecule has 2 N–H and O–H groups in total. The lowest BCUT2D eigenvalue weighted by Gasteiger charge is -2.08. The Morgan fingerprint density at radius 3 is 1.52 bits per heavy atom. The zero-order chi connectivity index (χ0) is 30.0. The predicted molar refractivity (Wildman–Crippen MR) is 187 cm³/mol. The van der Waals surface area contributed by atoms with Crippen molar-refractivity contribution in [1.29, 1.82) is 0 Å². The van der Waals surface area contributed by atoms with Gasteiger partial charge in [0.1, 0.15) is 11.5 Å². The average molecular weight is 569 g/mol. The molecule has 0 aliphatic rings. The minimum atomic E-state index is 0.601. The SMILES string of the molecule is Cc1ccccc1C.Nc1nc2ccccc2c2ccccc12.c1ccc2c(c1)nc1c3ccccc3c3ccccc3n21. The number of nitrogen functional groups attached to an aromatic ring is 1. The summed E-state index contributed by atoms with van der Waals surface area (Å²) in [5.74, 6) is 0.601. The average Bonchev–Trinajstić information content (AvgIpc) is 3.47. The normalized spacial score (nSPS) is 11.0. The summed E-state index contributed by atoms with van der Waals surface area (Å²) in [6.45, 7) is 4.24. The van der Waals surface area contributed by atoms with Crippen LogP contribution in [0.25, 0.3) is 60.0 Å². The van der Waals surface area contributed by atoms with Gasteiger partial charge in [-0.15, -0.1) is 0 Å². The summed E-state index contributed by atoms with van der Waals surface area (Å²) in [4.78, 5) is 9.24. The number of para-hydroxylation sites is 4. The van der Waals surface area contributed by atoms with E-state index in [9.17, 15) is 0 Å². The lowest BCUT2D eigenvalue weighted by atomic mass is 10.1. The number of aryl methyl sites for hydroxylation is 2. The number of nitrogens with zero attached hydrogens (tertiary/aromatic N) is 3. The summed E-state index contributed by atoms with van der Waals surface area (Å²) < 4.78 is 2.27. The molecule has 9 aromatic rings. The maximum atomic E-state index is 5.91. The highest BCUT2D eigenvalue weighted by atomic mass is 15.0. The smallest absolute Gasteiger partial charge is 0.146 e. The van der Waals surface area contributed by atoms with Crippen LogP contribution in [0.15, 0.2) is 146 Å². The summed E-state index contributed by atoms with van der Waals surface area (Å²) in [7, 11) is 0. The van der Waals surface area contributed by atoms with Crippen molar-refractivity contribution in [2.45, 2.75) is 13.8 Å². The second-order valence-corrected chi connectivity index (χ2v) is 11.0. The van der Waals surface area contributed by atoms with Crippen molar-refractivity contribution in [3.05, 3.63) is 157 Å². The third-order valence-electron chi connectivity index (χ3n) is 8.23. The highest BCUT2D eigenvalue weighted by Crippen LogP contribution is 2.32. The van der Waals surface area contributed by atoms with Crippen LogP contribution in [-0.2, 0) is 0 Å². The molecule has 44 heavy (non-hydrogen) atoms.